The van der Waals surface area contributed by atoms with Crippen LogP contribution in [0.4, 0.5) is 5.69 Å². The minimum atomic E-state index is -0.307. The van der Waals surface area contributed by atoms with Crippen LogP contribution in [0.1, 0.15) is 0 Å². The summed E-state index contributed by atoms with van der Waals surface area (Å²) in [4.78, 5) is 10.6. The summed E-state index contributed by atoms with van der Waals surface area (Å²) in [5.74, 6) is 0. The van der Waals surface area contributed by atoms with E-state index in [1.54, 1.807) is 6.07 Å². The molecule has 3 nitrogen and oxygen atoms in total. The molecule has 0 atom stereocenters. The Bertz CT molecular complexity index is 523. The Morgan fingerprint density at radius 2 is 2.14 bits per heavy atom. The Labute approximate surface area is 111 Å². The summed E-state index contributed by atoms with van der Waals surface area (Å²) in [6, 6.07) is 3.78. The van der Waals surface area contributed by atoms with Crippen LogP contribution in [0.2, 0.25) is 0 Å². The van der Waals surface area contributed by atoms with Crippen LogP contribution in [0, 0.1) is 17.3 Å². The molecule has 0 fully saturated rings. The Morgan fingerprint density at radius 3 is 2.79 bits per heavy atom. The second-order valence-electron chi connectivity index (χ2n) is 2.61. The van der Waals surface area contributed by atoms with E-state index in [0.717, 1.165) is 17.2 Å². The maximum atomic E-state index is 10.9. The highest BCUT2D eigenvalue weighted by Gasteiger charge is 2.20. The smallest absolute Gasteiger partial charge is 0.258 e. The Kier molecular flexibility index (Phi) is 2.93. The minimum absolute atomic E-state index is 0.230. The van der Waals surface area contributed by atoms with Gasteiger partial charge in [0.2, 0.25) is 0 Å². The topological polar surface area (TPSA) is 43.1 Å². The maximum absolute atomic E-state index is 10.9. The Hall–Kier alpha value is 0.0400. The van der Waals surface area contributed by atoms with Crippen LogP contribution in [0.25, 0.3) is 10.1 Å². The lowest BCUT2D eigenvalue weighted by Gasteiger charge is -1.99. The van der Waals surface area contributed by atoms with Gasteiger partial charge in [0.15, 0.2) is 0 Å². The fourth-order valence-electron chi connectivity index (χ4n) is 1.22. The normalized spacial score (nSPS) is 10.7. The quantitative estimate of drug-likeness (QED) is 0.389. The van der Waals surface area contributed by atoms with Gasteiger partial charge in [-0.3, -0.25) is 10.1 Å². The third-order valence-corrected chi connectivity index (χ3v) is 5.65. The third-order valence-electron chi connectivity index (χ3n) is 1.81. The van der Waals surface area contributed by atoms with Gasteiger partial charge in [0.05, 0.1) is 10.3 Å². The van der Waals surface area contributed by atoms with E-state index in [-0.39, 0.29) is 10.6 Å². The van der Waals surface area contributed by atoms with Crippen LogP contribution in [0.3, 0.4) is 0 Å². The predicted octanol–water partition coefficient (Wildman–Crippen LogP) is 4.02. The van der Waals surface area contributed by atoms with Crippen LogP contribution in [0.5, 0.6) is 0 Å². The van der Waals surface area contributed by atoms with Crippen molar-refractivity contribution in [2.24, 2.45) is 0 Å². The molecule has 0 amide bonds. The van der Waals surface area contributed by atoms with Crippen LogP contribution in [-0.4, -0.2) is 4.92 Å². The highest BCUT2D eigenvalue weighted by Crippen LogP contribution is 2.36. The van der Waals surface area contributed by atoms with Gasteiger partial charge in [-0.15, -0.1) is 11.3 Å². The van der Waals surface area contributed by atoms with E-state index in [4.69, 9.17) is 0 Å². The summed E-state index contributed by atoms with van der Waals surface area (Å²) in [6.45, 7) is 0. The first kappa shape index (κ1) is 10.6. The number of fused-ring (bicyclic) bond motifs is 1. The number of rotatable bonds is 1. The molecule has 72 valence electrons. The molecule has 1 aromatic carbocycles. The fraction of sp³-hybridized carbons (Fsp3) is 0. The highest BCUT2D eigenvalue weighted by molar-refractivity contribution is 14.1. The van der Waals surface area contributed by atoms with Crippen molar-refractivity contribution in [1.82, 2.24) is 0 Å². The summed E-state index contributed by atoms with van der Waals surface area (Å²) in [7, 11) is 0. The molecule has 0 aliphatic rings. The van der Waals surface area contributed by atoms with Gasteiger partial charge in [0, 0.05) is 8.27 Å². The van der Waals surface area contributed by atoms with E-state index < -0.39 is 0 Å². The molecule has 0 saturated heterocycles. The van der Waals surface area contributed by atoms with Crippen molar-refractivity contribution in [2.45, 2.75) is 0 Å². The zero-order valence-corrected chi connectivity index (χ0v) is 11.8. The monoisotopic (exact) mass is 431 g/mol. The van der Waals surface area contributed by atoms with Gasteiger partial charge in [-0.25, -0.2) is 0 Å². The highest BCUT2D eigenvalue weighted by atomic mass is 127. The Balaban J connectivity index is 2.93. The molecule has 2 aromatic rings. The summed E-state index contributed by atoms with van der Waals surface area (Å²) in [5, 5.41) is 13.5. The zero-order chi connectivity index (χ0) is 10.3. The lowest BCUT2D eigenvalue weighted by Crippen LogP contribution is -1.94. The second kappa shape index (κ2) is 3.89. The summed E-state index contributed by atoms with van der Waals surface area (Å²) in [5.41, 5.74) is 0.230. The minimum Gasteiger partial charge on any atom is -0.258 e. The van der Waals surface area contributed by atoms with E-state index in [1.807, 2.05) is 34.0 Å². The number of hydrogen-bond donors (Lipinski definition) is 0. The van der Waals surface area contributed by atoms with Gasteiger partial charge in [-0.05, 0) is 62.7 Å². The molecule has 1 aromatic heterocycles. The second-order valence-corrected chi connectivity index (χ2v) is 5.80. The number of nitrogens with zero attached hydrogens (tertiary/aromatic N) is 1. The standard InChI is InChI=1S/C8H3I2NO2S/c9-5-3-6-4(1-2-14-6)8(7(5)10)11(12)13/h1-3H. The van der Waals surface area contributed by atoms with Gasteiger partial charge < -0.3 is 0 Å². The third kappa shape index (κ3) is 1.63. The van der Waals surface area contributed by atoms with Crippen molar-refractivity contribution in [3.8, 4) is 0 Å². The summed E-state index contributed by atoms with van der Waals surface area (Å²) < 4.78 is 2.63. The molecular weight excluding hydrogens is 428 g/mol. The van der Waals surface area contributed by atoms with Crippen molar-refractivity contribution in [2.75, 3.05) is 0 Å². The van der Waals surface area contributed by atoms with Crippen LogP contribution in [-0.2, 0) is 0 Å². The molecular formula is C8H3I2NO2S. The van der Waals surface area contributed by atoms with Crippen molar-refractivity contribution in [3.63, 3.8) is 0 Å². The molecule has 1 heterocycles. The predicted molar refractivity (Wildman–Crippen MR) is 73.9 cm³/mol. The van der Waals surface area contributed by atoms with Gasteiger partial charge >= 0.3 is 0 Å². The lowest BCUT2D eigenvalue weighted by molar-refractivity contribution is -0.384. The molecule has 0 N–H and O–H groups in total. The van der Waals surface area contributed by atoms with Crippen molar-refractivity contribution < 1.29 is 4.92 Å². The molecule has 2 rings (SSSR count). The molecule has 0 spiro atoms. The fourth-order valence-corrected chi connectivity index (χ4v) is 3.47. The number of benzene rings is 1. The first-order chi connectivity index (χ1) is 6.61. The largest absolute Gasteiger partial charge is 0.292 e. The van der Waals surface area contributed by atoms with Gasteiger partial charge in [0.1, 0.15) is 3.57 Å². The van der Waals surface area contributed by atoms with Crippen molar-refractivity contribution in [3.05, 3.63) is 34.8 Å². The van der Waals surface area contributed by atoms with E-state index >= 15 is 0 Å². The SMILES string of the molecule is O=[N+]([O-])c1c(I)c(I)cc2sccc12. The van der Waals surface area contributed by atoms with Gasteiger partial charge in [0.25, 0.3) is 5.69 Å². The Morgan fingerprint density at radius 1 is 1.43 bits per heavy atom. The lowest BCUT2D eigenvalue weighted by atomic mass is 10.2. The average molecular weight is 431 g/mol. The molecule has 6 heteroatoms. The van der Waals surface area contributed by atoms with E-state index in [9.17, 15) is 10.1 Å². The molecule has 0 bridgehead atoms. The summed E-state index contributed by atoms with van der Waals surface area (Å²) >= 11 is 5.67. The number of nitro groups is 1. The van der Waals surface area contributed by atoms with E-state index in [2.05, 4.69) is 22.6 Å². The van der Waals surface area contributed by atoms with Crippen LogP contribution in [0.15, 0.2) is 17.5 Å². The number of hydrogen-bond acceptors (Lipinski definition) is 3. The van der Waals surface area contributed by atoms with Crippen LogP contribution >= 0.6 is 56.5 Å². The first-order valence-corrected chi connectivity index (χ1v) is 6.64. The zero-order valence-electron chi connectivity index (χ0n) is 6.66. The van der Waals surface area contributed by atoms with E-state index in [1.165, 1.54) is 11.3 Å². The van der Waals surface area contributed by atoms with Gasteiger partial charge in [-0.1, -0.05) is 0 Å². The first-order valence-electron chi connectivity index (χ1n) is 3.61. The molecule has 0 radical (unpaired) electrons. The van der Waals surface area contributed by atoms with Crippen molar-refractivity contribution in [1.29, 1.82) is 0 Å². The van der Waals surface area contributed by atoms with Crippen molar-refractivity contribution >= 4 is 72.3 Å². The number of thiophene rings is 1. The average Bonchev–Trinajstić information content (AvgIpc) is 2.52. The molecule has 0 saturated carbocycles. The number of halogens is 2. The molecule has 0 aliphatic carbocycles. The molecule has 14 heavy (non-hydrogen) atoms. The van der Waals surface area contributed by atoms with Gasteiger partial charge in [-0.2, -0.15) is 0 Å². The van der Waals surface area contributed by atoms with Crippen LogP contribution < -0.4 is 0 Å². The molecule has 0 aliphatic heterocycles. The molecule has 0 unspecified atom stereocenters. The number of nitro benzene ring substituents is 1. The summed E-state index contributed by atoms with van der Waals surface area (Å²) in [6.07, 6.45) is 0. The maximum Gasteiger partial charge on any atom is 0.292 e. The van der Waals surface area contributed by atoms with E-state index in [0.29, 0.717) is 0 Å².